The molecule has 0 saturated carbocycles. The van der Waals surface area contributed by atoms with Crippen molar-refractivity contribution >= 4 is 84.1 Å². The van der Waals surface area contributed by atoms with Gasteiger partial charge in [-0.05, 0) is 67.1 Å². The molecule has 23 heteroatoms. The third-order valence-corrected chi connectivity index (χ3v) is 11.9. The standard InChI is InChI=1S/C43H31N7O14S2/c1-3-44-41-47-42(49-43(48-41)64-25-16-22(40(55)56)15-24(19-25)63-20-51)45-23-11-14-32(66(60,61)62)30(18-23)46-29-12-13-31-35-33(27-9-4-5-10-28(27)38(53)34(29)35)36(39(54)50(31)2)37(52)21-7-6-8-26(17-21)65(57,58)59/h4-20,46H,3H2,1-2H3,(H,55,56)(H,57,58,59)(H,60,61,62)(H2,44,45,47,48,49). The highest BCUT2D eigenvalue weighted by atomic mass is 32.2. The summed E-state index contributed by atoms with van der Waals surface area (Å²) in [5.74, 6) is -3.34. The van der Waals surface area contributed by atoms with Crippen LogP contribution in [0.15, 0.2) is 112 Å². The van der Waals surface area contributed by atoms with Crippen molar-refractivity contribution in [3.63, 3.8) is 0 Å². The second-order valence-electron chi connectivity index (χ2n) is 14.2. The van der Waals surface area contributed by atoms with Gasteiger partial charge in [-0.3, -0.25) is 28.3 Å². The predicted molar refractivity (Wildman–Crippen MR) is 235 cm³/mol. The number of benzene rings is 5. The van der Waals surface area contributed by atoms with Crippen molar-refractivity contribution in [1.29, 1.82) is 0 Å². The monoisotopic (exact) mass is 933 g/mol. The number of carbonyl (C=O) groups excluding carboxylic acids is 3. The minimum atomic E-state index is -4.98. The van der Waals surface area contributed by atoms with Crippen LogP contribution in [0.3, 0.4) is 0 Å². The molecule has 66 heavy (non-hydrogen) atoms. The first-order valence-electron chi connectivity index (χ1n) is 19.1. The molecule has 2 heterocycles. The zero-order valence-corrected chi connectivity index (χ0v) is 35.6. The van der Waals surface area contributed by atoms with E-state index in [2.05, 4.69) is 30.9 Å². The highest BCUT2D eigenvalue weighted by Crippen LogP contribution is 2.45. The van der Waals surface area contributed by atoms with Crippen molar-refractivity contribution in [3.8, 4) is 28.6 Å². The minimum Gasteiger partial charge on any atom is -0.478 e. The largest absolute Gasteiger partial charge is 0.478 e. The van der Waals surface area contributed by atoms with Crippen molar-refractivity contribution in [2.45, 2.75) is 16.7 Å². The van der Waals surface area contributed by atoms with Crippen LogP contribution >= 0.6 is 0 Å². The summed E-state index contributed by atoms with van der Waals surface area (Å²) in [7, 11) is -8.37. The maximum atomic E-state index is 14.6. The van der Waals surface area contributed by atoms with Gasteiger partial charge in [-0.25, -0.2) is 4.79 Å². The number of ether oxygens (including phenoxy) is 2. The summed E-state index contributed by atoms with van der Waals surface area (Å²) in [5, 5.41) is 18.4. The van der Waals surface area contributed by atoms with Gasteiger partial charge in [0.2, 0.25) is 11.9 Å². The maximum absolute atomic E-state index is 14.6. The van der Waals surface area contributed by atoms with E-state index in [-0.39, 0.29) is 97.2 Å². The van der Waals surface area contributed by atoms with Crippen LogP contribution in [0.1, 0.15) is 49.1 Å². The molecule has 0 spiro atoms. The number of ketones is 2. The first kappa shape index (κ1) is 44.2. The lowest BCUT2D eigenvalue weighted by molar-refractivity contribution is -0.120. The van der Waals surface area contributed by atoms with Gasteiger partial charge >= 0.3 is 12.0 Å². The Bertz CT molecular complexity index is 3540. The number of rotatable bonds is 15. The van der Waals surface area contributed by atoms with Crippen molar-refractivity contribution in [2.24, 2.45) is 7.05 Å². The number of fused-ring (bicyclic) bond motifs is 2. The van der Waals surface area contributed by atoms with Gasteiger partial charge in [0.05, 0.1) is 38.5 Å². The second-order valence-corrected chi connectivity index (χ2v) is 17.1. The number of aromatic nitrogens is 4. The quantitative estimate of drug-likeness (QED) is 0.0414. The highest BCUT2D eigenvalue weighted by Gasteiger charge is 2.35. The molecule has 21 nitrogen and oxygen atoms in total. The van der Waals surface area contributed by atoms with E-state index in [1.165, 1.54) is 61.6 Å². The second kappa shape index (κ2) is 17.0. The van der Waals surface area contributed by atoms with Gasteiger partial charge in [-0.2, -0.15) is 31.8 Å². The predicted octanol–water partition coefficient (Wildman–Crippen LogP) is 5.60. The fraction of sp³-hybridized carbons (Fsp3) is 0.0698. The molecule has 6 N–H and O–H groups in total. The fourth-order valence-corrected chi connectivity index (χ4v) is 8.47. The molecular formula is C43H31N7O14S2. The number of carboxylic acid groups (broad SMARTS) is 1. The highest BCUT2D eigenvalue weighted by molar-refractivity contribution is 7.86. The first-order chi connectivity index (χ1) is 31.4. The molecule has 0 bridgehead atoms. The Morgan fingerprint density at radius 1 is 0.758 bits per heavy atom. The Morgan fingerprint density at radius 2 is 1.48 bits per heavy atom. The molecule has 0 amide bonds. The SMILES string of the molecule is CCNc1nc(Nc2ccc(S(=O)(=O)O)c(Nc3ccc4c5c3C(=O)c3ccccc3-c5c(C(=O)c3cccc(S(=O)(=O)O)c3)c(=O)n4C)c2)nc(Oc2cc(OC=O)cc(C(=O)O)c2)n1. The molecule has 0 fully saturated rings. The summed E-state index contributed by atoms with van der Waals surface area (Å²) in [6.45, 7) is 2.18. The van der Waals surface area contributed by atoms with Gasteiger partial charge in [0.1, 0.15) is 16.4 Å². The molecule has 1 aliphatic carbocycles. The van der Waals surface area contributed by atoms with E-state index in [1.54, 1.807) is 19.1 Å². The maximum Gasteiger partial charge on any atom is 0.335 e. The molecule has 0 saturated heterocycles. The summed E-state index contributed by atoms with van der Waals surface area (Å²) in [5.41, 5.74) is -1.57. The van der Waals surface area contributed by atoms with Gasteiger partial charge in [0, 0.05) is 47.4 Å². The number of hydrogen-bond donors (Lipinski definition) is 6. The number of carbonyl (C=O) groups is 4. The normalized spacial score (nSPS) is 12.0. The molecule has 5 aromatic carbocycles. The van der Waals surface area contributed by atoms with E-state index in [1.807, 2.05) is 0 Å². The van der Waals surface area contributed by atoms with E-state index in [4.69, 9.17) is 9.47 Å². The Hall–Kier alpha value is -8.38. The Balaban J connectivity index is 1.25. The van der Waals surface area contributed by atoms with Crippen LogP contribution in [0.25, 0.3) is 22.0 Å². The lowest BCUT2D eigenvalue weighted by Gasteiger charge is -2.26. The molecule has 2 aromatic heterocycles. The van der Waals surface area contributed by atoms with Crippen molar-refractivity contribution in [2.75, 3.05) is 22.5 Å². The average Bonchev–Trinajstić information content (AvgIpc) is 3.26. The Morgan fingerprint density at radius 3 is 2.18 bits per heavy atom. The van der Waals surface area contributed by atoms with Gasteiger partial charge in [-0.15, -0.1) is 0 Å². The molecule has 0 atom stereocenters. The lowest BCUT2D eigenvalue weighted by Crippen LogP contribution is -2.29. The van der Waals surface area contributed by atoms with Gasteiger partial charge in [0.15, 0.2) is 11.6 Å². The topological polar surface area (TPSA) is 312 Å². The summed E-state index contributed by atoms with van der Waals surface area (Å²) >= 11 is 0. The number of pyridine rings is 1. The molecule has 8 rings (SSSR count). The number of anilines is 5. The van der Waals surface area contributed by atoms with Crippen LogP contribution in [0.2, 0.25) is 0 Å². The molecule has 1 aliphatic rings. The Kier molecular flexibility index (Phi) is 11.4. The van der Waals surface area contributed by atoms with Crippen LogP contribution in [0.5, 0.6) is 17.5 Å². The van der Waals surface area contributed by atoms with Crippen LogP contribution in [-0.2, 0) is 32.1 Å². The summed E-state index contributed by atoms with van der Waals surface area (Å²) in [6, 6.07) is 20.1. The molecular weight excluding hydrogens is 903 g/mol. The third kappa shape index (κ3) is 8.39. The number of hydrogen-bond acceptors (Lipinski definition) is 17. The summed E-state index contributed by atoms with van der Waals surface area (Å²) in [6.07, 6.45) is 0. The van der Waals surface area contributed by atoms with Gasteiger partial charge in [0.25, 0.3) is 32.3 Å². The number of aryl methyl sites for hydroxylation is 1. The van der Waals surface area contributed by atoms with Crippen molar-refractivity contribution in [3.05, 3.63) is 135 Å². The molecule has 0 unspecified atom stereocenters. The van der Waals surface area contributed by atoms with E-state index >= 15 is 0 Å². The zero-order chi connectivity index (χ0) is 47.2. The lowest BCUT2D eigenvalue weighted by atomic mass is 9.80. The number of carboxylic acids is 1. The molecule has 334 valence electrons. The van der Waals surface area contributed by atoms with Gasteiger partial charge < -0.3 is 35.1 Å². The molecule has 0 radical (unpaired) electrons. The number of nitrogens with zero attached hydrogens (tertiary/aromatic N) is 4. The Labute approximate surface area is 372 Å². The van der Waals surface area contributed by atoms with Crippen molar-refractivity contribution < 1.29 is 59.7 Å². The fourth-order valence-electron chi connectivity index (χ4n) is 7.31. The van der Waals surface area contributed by atoms with E-state index < -0.39 is 58.7 Å². The van der Waals surface area contributed by atoms with Crippen LogP contribution < -0.4 is 31.0 Å². The summed E-state index contributed by atoms with van der Waals surface area (Å²) < 4.78 is 81.5. The smallest absolute Gasteiger partial charge is 0.335 e. The first-order valence-corrected chi connectivity index (χ1v) is 22.0. The zero-order valence-electron chi connectivity index (χ0n) is 34.0. The average molecular weight is 934 g/mol. The van der Waals surface area contributed by atoms with Crippen molar-refractivity contribution in [1.82, 2.24) is 19.5 Å². The number of aromatic carboxylic acids is 1. The van der Waals surface area contributed by atoms with Crippen LogP contribution in [0.4, 0.5) is 29.0 Å². The van der Waals surface area contributed by atoms with Crippen LogP contribution in [-0.4, -0.2) is 81.1 Å². The van der Waals surface area contributed by atoms with E-state index in [9.17, 15) is 55.0 Å². The van der Waals surface area contributed by atoms with E-state index in [0.717, 1.165) is 34.9 Å². The van der Waals surface area contributed by atoms with Gasteiger partial charge in [-0.1, -0.05) is 36.4 Å². The molecule has 0 aliphatic heterocycles. The molecule has 7 aromatic rings. The third-order valence-electron chi connectivity index (χ3n) is 10.1. The van der Waals surface area contributed by atoms with Crippen LogP contribution in [0, 0.1) is 0 Å². The number of nitrogens with one attached hydrogen (secondary N) is 3. The summed E-state index contributed by atoms with van der Waals surface area (Å²) in [4.78, 5) is 77.3. The van der Waals surface area contributed by atoms with E-state index in [0.29, 0.717) is 6.54 Å². The minimum absolute atomic E-state index is 0.0140.